The predicted molar refractivity (Wildman–Crippen MR) is 320 cm³/mol. The van der Waals surface area contributed by atoms with Gasteiger partial charge in [-0.25, -0.2) is 8.42 Å². The van der Waals surface area contributed by atoms with Crippen LogP contribution < -0.4 is 29.6 Å². The summed E-state index contributed by atoms with van der Waals surface area (Å²) in [5.74, 6) is -1.30. The van der Waals surface area contributed by atoms with Gasteiger partial charge in [0.05, 0.1) is 55.4 Å². The molecule has 0 amide bonds. The van der Waals surface area contributed by atoms with Gasteiger partial charge in [-0.1, -0.05) is 46.3 Å². The van der Waals surface area contributed by atoms with Gasteiger partial charge >= 0.3 is 29.6 Å². The van der Waals surface area contributed by atoms with E-state index in [1.807, 2.05) is 20.8 Å². The first-order valence-electron chi connectivity index (χ1n) is 33.7. The van der Waals surface area contributed by atoms with Gasteiger partial charge in [-0.15, -0.1) is 0 Å². The topological polar surface area (TPSA) is 498 Å². The number of hydrogen-bond acceptors (Lipinski definition) is 32. The Labute approximate surface area is 585 Å². The van der Waals surface area contributed by atoms with Gasteiger partial charge in [-0.3, -0.25) is 8.98 Å². The minimum absolute atomic E-state index is 0. The molecule has 6 saturated heterocycles. The minimum atomic E-state index is -5.16. The number of aliphatic hydroxyl groups excluding tert-OH is 14. The Morgan fingerprint density at radius 1 is 0.588 bits per heavy atom. The number of hydrogen-bond donors (Lipinski definition) is 15. The van der Waals surface area contributed by atoms with Crippen molar-refractivity contribution in [1.29, 1.82) is 0 Å². The van der Waals surface area contributed by atoms with Gasteiger partial charge in [0, 0.05) is 12.3 Å². The summed E-state index contributed by atoms with van der Waals surface area (Å²) in [4.78, 5) is 13.6. The summed E-state index contributed by atoms with van der Waals surface area (Å²) in [7, 11) is -5.16. The Balaban J connectivity index is 0.0000110. The van der Waals surface area contributed by atoms with Crippen LogP contribution >= 0.6 is 0 Å². The van der Waals surface area contributed by atoms with E-state index in [4.69, 9.17) is 61.0 Å². The third-order valence-corrected chi connectivity index (χ3v) is 23.7. The van der Waals surface area contributed by atoms with Crippen LogP contribution in [0.2, 0.25) is 0 Å². The van der Waals surface area contributed by atoms with Crippen LogP contribution in [0.4, 0.5) is 0 Å². The van der Waals surface area contributed by atoms with Crippen molar-refractivity contribution in [3.8, 4) is 0 Å². The number of ether oxygens (including phenoxy) is 12. The monoisotopic (exact) mass is 1430 g/mol. The normalized spacial score (nSPS) is 51.4. The van der Waals surface area contributed by atoms with Crippen molar-refractivity contribution in [1.82, 2.24) is 0 Å². The number of Topliss-reactive ketones (excluding diaryl/α,β-unsaturated/α-hetero) is 1. The van der Waals surface area contributed by atoms with Gasteiger partial charge < -0.3 is 138 Å². The third kappa shape index (κ3) is 16.0. The van der Waals surface area contributed by atoms with Crippen LogP contribution in [0.5, 0.6) is 0 Å². The molecule has 32 nitrogen and oxygen atoms in total. The average molecular weight is 1430 g/mol. The number of carbonyl (C=O) groups is 1. The van der Waals surface area contributed by atoms with Crippen molar-refractivity contribution in [3.63, 3.8) is 0 Å². The van der Waals surface area contributed by atoms with Crippen molar-refractivity contribution < 1.29 is 185 Å². The van der Waals surface area contributed by atoms with Gasteiger partial charge in [0.2, 0.25) is 10.4 Å². The molecule has 0 bridgehead atoms. The number of rotatable bonds is 20. The molecule has 6 aliphatic heterocycles. The number of allylic oxidation sites excluding steroid dienone is 2. The smallest absolute Gasteiger partial charge is 0.726 e. The van der Waals surface area contributed by atoms with E-state index in [9.17, 15) is 94.4 Å². The summed E-state index contributed by atoms with van der Waals surface area (Å²) in [6.07, 6.45) is -47.6. The molecule has 3 saturated carbocycles. The van der Waals surface area contributed by atoms with Gasteiger partial charge in [0.1, 0.15) is 122 Å². The van der Waals surface area contributed by atoms with Crippen LogP contribution in [-0.4, -0.2) is 305 Å². The molecule has 0 radical (unpaired) electrons. The van der Waals surface area contributed by atoms with Gasteiger partial charge in [0.15, 0.2) is 37.7 Å². The second-order valence-corrected chi connectivity index (χ2v) is 30.8. The summed E-state index contributed by atoms with van der Waals surface area (Å²) in [6.45, 7) is 15.6. The standard InChI is InChI=1S/C63H104O32S.Na/c1-22(2)23(3)33(65)19-63(10,79)37-12-11-30-29-18-34(32-17-28(95-96(80,81)82)13-15-61(32,8)31(29)14-16-62(30,37)9)88-57-49(77)52(41(69)26(6)86-57)92-59-53(93-56-48(76)45(73)39(67)25(5)85-56)43(71)36(21-83-59)90-60-54(46(74)42(70)35(20-64)89-60)94-58-50(78)51(40(68)27(7)87-58)91-55-47(75)44(72)38(66)24(4)84-55;/h14,22-30,32,34-60,64,66-79H,11-13,15-21H2,1-10H3,(H,80,81,82);/q;+1/p-1/t23?,24?,25?,26?,27?,28-,29?,30?,32+,34-,35?,36?,37?,38?,39?,40?,41?,42?,43?,44?,45?,46?,47?,48?,49?,50?,51?,52?,53?,54?,55?,56?,57?,58?,59?,60?,61+,62-,63-;/m0./s1. The second-order valence-electron chi connectivity index (χ2n) is 29.8. The third-order valence-electron chi connectivity index (χ3n) is 23.2. The van der Waals surface area contributed by atoms with E-state index in [0.717, 1.165) is 5.57 Å². The summed E-state index contributed by atoms with van der Waals surface area (Å²) < 4.78 is 115. The van der Waals surface area contributed by atoms with Gasteiger partial charge in [-0.2, -0.15) is 0 Å². The Morgan fingerprint density at radius 3 is 1.60 bits per heavy atom. The molecule has 10 aliphatic rings. The molecule has 15 N–H and O–H groups in total. The molecule has 6 heterocycles. The fraction of sp³-hybridized carbons (Fsp3) is 0.952. The zero-order valence-electron chi connectivity index (χ0n) is 56.6. The quantitative estimate of drug-likeness (QED) is 0.0233. The molecule has 554 valence electrons. The van der Waals surface area contributed by atoms with Gasteiger partial charge in [0.25, 0.3) is 0 Å². The second kappa shape index (κ2) is 31.3. The molecule has 39 atom stereocenters. The molecule has 0 aromatic carbocycles. The van der Waals surface area contributed by atoms with Crippen molar-refractivity contribution in [2.75, 3.05) is 13.2 Å². The minimum Gasteiger partial charge on any atom is -0.726 e. The van der Waals surface area contributed by atoms with Crippen LogP contribution in [-0.2, 0) is 76.2 Å². The predicted octanol–water partition coefficient (Wildman–Crippen LogP) is -6.92. The molecule has 10 rings (SSSR count). The van der Waals surface area contributed by atoms with Crippen LogP contribution in [0.15, 0.2) is 11.6 Å². The molecule has 0 aromatic heterocycles. The Morgan fingerprint density at radius 2 is 1.07 bits per heavy atom. The van der Waals surface area contributed by atoms with E-state index in [-0.39, 0.29) is 90.6 Å². The largest absolute Gasteiger partial charge is 1.00 e. The number of fused-ring (bicyclic) bond motifs is 5. The first-order chi connectivity index (χ1) is 44.8. The summed E-state index contributed by atoms with van der Waals surface area (Å²) in [6, 6.07) is 0. The van der Waals surface area contributed by atoms with E-state index < -0.39 is 236 Å². The van der Waals surface area contributed by atoms with Crippen LogP contribution in [0.25, 0.3) is 0 Å². The molecule has 0 aromatic rings. The fourth-order valence-electron chi connectivity index (χ4n) is 17.1. The van der Waals surface area contributed by atoms with E-state index in [0.29, 0.717) is 25.7 Å². The summed E-state index contributed by atoms with van der Waals surface area (Å²) >= 11 is 0. The number of aliphatic hydroxyl groups is 15. The Hall–Kier alpha value is -0.800. The van der Waals surface area contributed by atoms with Crippen molar-refractivity contribution in [3.05, 3.63) is 11.6 Å². The van der Waals surface area contributed by atoms with E-state index in [1.54, 1.807) is 6.92 Å². The van der Waals surface area contributed by atoms with Crippen molar-refractivity contribution in [2.45, 2.75) is 317 Å². The van der Waals surface area contributed by atoms with Crippen LogP contribution in [0.1, 0.15) is 121 Å². The zero-order valence-corrected chi connectivity index (χ0v) is 59.4. The zero-order chi connectivity index (χ0) is 70.5. The molecule has 0 spiro atoms. The molecule has 97 heavy (non-hydrogen) atoms. The summed E-state index contributed by atoms with van der Waals surface area (Å²) in [5, 5.41) is 170. The molecule has 34 heteroatoms. The van der Waals surface area contributed by atoms with Crippen LogP contribution in [0, 0.1) is 46.3 Å². The summed E-state index contributed by atoms with van der Waals surface area (Å²) in [5.41, 5.74) is -1.43. The van der Waals surface area contributed by atoms with Crippen LogP contribution in [0.3, 0.4) is 0 Å². The first-order valence-corrected chi connectivity index (χ1v) is 35.0. The maximum Gasteiger partial charge on any atom is 1.00 e. The van der Waals surface area contributed by atoms with Crippen molar-refractivity contribution >= 4 is 16.2 Å². The SMILES string of the molecule is CC(C)C(C)C(=O)C[C@](C)(O)C1CCC2C3C[C@H](OC4OC(C)C(O)C(OC5OCC(OC6OC(CO)C(O)C(O)C6OC6OC(C)C(O)C(OC7OC(C)C(O)C(O)C7O)C6O)C(O)C5OC5OC(C)C(O)C(O)C5O)C4O)[C@H]4C[C@@H](OS(=O)(=O)[O-])CC[C@]4(C)C3=CC[C@@]21C.[Na+]. The Kier molecular flexibility index (Phi) is 25.9. The van der Waals surface area contributed by atoms with E-state index in [1.165, 1.54) is 27.7 Å². The van der Waals surface area contributed by atoms with Crippen molar-refractivity contribution in [2.24, 2.45) is 46.3 Å². The van der Waals surface area contributed by atoms with E-state index in [2.05, 4.69) is 19.9 Å². The fourth-order valence-corrected chi connectivity index (χ4v) is 17.7. The molecular formula is C63H103NaO32S. The average Bonchev–Trinajstić information content (AvgIpc) is 1.67. The maximum absolute atomic E-state index is 13.6. The van der Waals surface area contributed by atoms with Gasteiger partial charge in [-0.05, 0) is 120 Å². The maximum atomic E-state index is 13.6. The molecular weight excluding hydrogens is 1320 g/mol. The molecule has 33 unspecified atom stereocenters. The number of ketones is 1. The molecule has 4 aliphatic carbocycles. The number of carbonyl (C=O) groups excluding carboxylic acids is 1. The Bertz CT molecular complexity index is 2780. The van der Waals surface area contributed by atoms with E-state index >= 15 is 0 Å². The molecule has 9 fully saturated rings. The first kappa shape index (κ1) is 80.3.